The molecule has 4 rings (SSSR count). The molecule has 3 aliphatic rings. The van der Waals surface area contributed by atoms with Crippen molar-refractivity contribution in [3.05, 3.63) is 58.2 Å². The smallest absolute Gasteiger partial charge is 0.399 e. The van der Waals surface area contributed by atoms with Gasteiger partial charge in [-0.05, 0) is 56.0 Å². The number of rotatable bonds is 13. The first-order chi connectivity index (χ1) is 22.2. The molecule has 1 aliphatic carbocycles. The van der Waals surface area contributed by atoms with Crippen molar-refractivity contribution in [1.82, 2.24) is 14.7 Å². The van der Waals surface area contributed by atoms with E-state index < -0.39 is 36.3 Å². The number of halogens is 6. The number of morpholine rings is 1. The number of aliphatic hydroxyl groups is 1. The SMILES string of the molecule is CO/N=C(\COCc1cc(C(F)(F)F)cc(C(F)(F)F)c1)C(CCN1CCN(CC(O)N2CCOCC2)CC1)C1=CC=C(C)C(C)C1. The van der Waals surface area contributed by atoms with Gasteiger partial charge in [-0.1, -0.05) is 35.4 Å². The molecule has 2 aliphatic heterocycles. The third-order valence-electron chi connectivity index (χ3n) is 9.19. The molecule has 3 unspecified atom stereocenters. The number of oxime groups is 1. The average Bonchev–Trinajstić information content (AvgIpc) is 3.03. The van der Waals surface area contributed by atoms with Crippen LogP contribution in [0.1, 0.15) is 43.4 Å². The standard InChI is InChI=1S/C33H46F6N4O4/c1-23-4-5-26(16-24(23)2)29(6-7-41-8-10-42(11-9-41)20-31(44)43-12-14-46-15-13-43)30(40-45-3)22-47-21-25-17-27(32(34,35)36)19-28(18-25)33(37,38)39/h4-5,17-19,24,29,31,44H,6-16,20-22H2,1-3H3/b40-30+. The van der Waals surface area contributed by atoms with Gasteiger partial charge in [0.05, 0.1) is 43.3 Å². The highest BCUT2D eigenvalue weighted by Gasteiger charge is 2.37. The van der Waals surface area contributed by atoms with Crippen LogP contribution in [0.4, 0.5) is 26.3 Å². The van der Waals surface area contributed by atoms with Crippen molar-refractivity contribution in [3.63, 3.8) is 0 Å². The zero-order valence-electron chi connectivity index (χ0n) is 27.2. The molecule has 264 valence electrons. The molecular weight excluding hydrogens is 630 g/mol. The molecule has 0 spiro atoms. The molecular formula is C33H46F6N4O4. The van der Waals surface area contributed by atoms with Crippen molar-refractivity contribution in [2.45, 2.75) is 51.9 Å². The van der Waals surface area contributed by atoms with Gasteiger partial charge in [-0.15, -0.1) is 0 Å². The number of alkyl halides is 6. The van der Waals surface area contributed by atoms with Crippen LogP contribution in [-0.2, 0) is 33.3 Å². The van der Waals surface area contributed by atoms with Gasteiger partial charge in [0.1, 0.15) is 13.3 Å². The van der Waals surface area contributed by atoms with Crippen molar-refractivity contribution in [2.75, 3.05) is 79.3 Å². The van der Waals surface area contributed by atoms with Crippen molar-refractivity contribution in [1.29, 1.82) is 0 Å². The minimum absolute atomic E-state index is 0.107. The number of benzene rings is 1. The maximum absolute atomic E-state index is 13.4. The van der Waals surface area contributed by atoms with Crippen LogP contribution in [0.3, 0.4) is 0 Å². The van der Waals surface area contributed by atoms with E-state index in [9.17, 15) is 31.4 Å². The van der Waals surface area contributed by atoms with Crippen LogP contribution in [-0.4, -0.2) is 111 Å². The van der Waals surface area contributed by atoms with Crippen LogP contribution in [0.15, 0.2) is 46.7 Å². The highest BCUT2D eigenvalue weighted by molar-refractivity contribution is 5.90. The third-order valence-corrected chi connectivity index (χ3v) is 9.19. The number of aliphatic hydroxyl groups excluding tert-OH is 1. The Labute approximate surface area is 272 Å². The highest BCUT2D eigenvalue weighted by Crippen LogP contribution is 2.37. The predicted octanol–water partition coefficient (Wildman–Crippen LogP) is 5.43. The molecule has 2 fully saturated rings. The molecule has 1 N–H and O–H groups in total. The molecule has 47 heavy (non-hydrogen) atoms. The summed E-state index contributed by atoms with van der Waals surface area (Å²) >= 11 is 0. The van der Waals surface area contributed by atoms with Gasteiger partial charge >= 0.3 is 12.4 Å². The maximum Gasteiger partial charge on any atom is 0.416 e. The van der Waals surface area contributed by atoms with Crippen molar-refractivity contribution in [2.24, 2.45) is 17.0 Å². The minimum atomic E-state index is -4.94. The van der Waals surface area contributed by atoms with E-state index in [0.29, 0.717) is 49.9 Å². The number of hydrogen-bond donors (Lipinski definition) is 1. The monoisotopic (exact) mass is 676 g/mol. The number of allylic oxidation sites excluding steroid dienone is 4. The second kappa shape index (κ2) is 16.8. The van der Waals surface area contributed by atoms with Crippen LogP contribution in [0, 0.1) is 11.8 Å². The molecule has 1 aromatic rings. The van der Waals surface area contributed by atoms with Crippen LogP contribution in [0.2, 0.25) is 0 Å². The zero-order chi connectivity index (χ0) is 34.2. The lowest BCUT2D eigenvalue weighted by molar-refractivity contribution is -0.143. The van der Waals surface area contributed by atoms with Gasteiger partial charge in [-0.2, -0.15) is 26.3 Å². The van der Waals surface area contributed by atoms with Gasteiger partial charge in [-0.25, -0.2) is 0 Å². The summed E-state index contributed by atoms with van der Waals surface area (Å²) in [5, 5.41) is 14.9. The summed E-state index contributed by atoms with van der Waals surface area (Å²) in [7, 11) is 1.39. The van der Waals surface area contributed by atoms with E-state index in [1.54, 1.807) is 0 Å². The fourth-order valence-electron chi connectivity index (χ4n) is 6.22. The van der Waals surface area contributed by atoms with Crippen molar-refractivity contribution in [3.8, 4) is 0 Å². The van der Waals surface area contributed by atoms with E-state index in [1.165, 1.54) is 12.7 Å². The lowest BCUT2D eigenvalue weighted by Gasteiger charge is -2.39. The summed E-state index contributed by atoms with van der Waals surface area (Å²) in [4.78, 5) is 11.8. The Morgan fingerprint density at radius 3 is 2.15 bits per heavy atom. The Morgan fingerprint density at radius 2 is 1.57 bits per heavy atom. The van der Waals surface area contributed by atoms with E-state index in [4.69, 9.17) is 14.3 Å². The van der Waals surface area contributed by atoms with E-state index >= 15 is 0 Å². The first-order valence-electron chi connectivity index (χ1n) is 16.0. The number of ether oxygens (including phenoxy) is 2. The lowest BCUT2D eigenvalue weighted by Crippen LogP contribution is -2.53. The van der Waals surface area contributed by atoms with Crippen LogP contribution in [0.25, 0.3) is 0 Å². The molecule has 14 heteroatoms. The number of piperazine rings is 1. The van der Waals surface area contributed by atoms with E-state index in [-0.39, 0.29) is 24.2 Å². The molecule has 3 atom stereocenters. The maximum atomic E-state index is 13.4. The molecule has 0 amide bonds. The molecule has 1 aromatic carbocycles. The zero-order valence-corrected chi connectivity index (χ0v) is 27.2. The van der Waals surface area contributed by atoms with E-state index in [2.05, 4.69) is 41.0 Å². The molecule has 8 nitrogen and oxygen atoms in total. The number of β-amino-alcohol motifs (C(OH)–C–C–N with tert-alkyl or cyclic N) is 1. The Balaban J connectivity index is 1.41. The van der Waals surface area contributed by atoms with Crippen molar-refractivity contribution < 1.29 is 45.8 Å². The predicted molar refractivity (Wildman–Crippen MR) is 166 cm³/mol. The average molecular weight is 677 g/mol. The fraction of sp³-hybridized carbons (Fsp3) is 0.667. The Hall–Kier alpha value is -2.49. The van der Waals surface area contributed by atoms with Crippen molar-refractivity contribution >= 4 is 5.71 Å². The summed E-state index contributed by atoms with van der Waals surface area (Å²) in [5.41, 5.74) is -0.111. The summed E-state index contributed by atoms with van der Waals surface area (Å²) in [6.45, 7) is 10.9. The van der Waals surface area contributed by atoms with Gasteiger partial charge in [0.25, 0.3) is 0 Å². The third kappa shape index (κ3) is 11.0. The molecule has 2 saturated heterocycles. The summed E-state index contributed by atoms with van der Waals surface area (Å²) in [6.07, 6.45) is -4.81. The highest BCUT2D eigenvalue weighted by atomic mass is 19.4. The molecule has 0 aromatic heterocycles. The normalized spacial score (nSPS) is 22.5. The number of hydrogen-bond acceptors (Lipinski definition) is 8. The molecule has 0 bridgehead atoms. The van der Waals surface area contributed by atoms with Gasteiger partial charge < -0.3 is 24.3 Å². The van der Waals surface area contributed by atoms with Gasteiger partial charge in [0, 0.05) is 51.7 Å². The minimum Gasteiger partial charge on any atom is -0.399 e. The molecule has 0 radical (unpaired) electrons. The number of nitrogens with zero attached hydrogens (tertiary/aromatic N) is 4. The van der Waals surface area contributed by atoms with Crippen LogP contribution < -0.4 is 0 Å². The second-order valence-electron chi connectivity index (χ2n) is 12.5. The van der Waals surface area contributed by atoms with Crippen LogP contribution >= 0.6 is 0 Å². The van der Waals surface area contributed by atoms with E-state index in [1.807, 2.05) is 4.90 Å². The first-order valence-corrected chi connectivity index (χ1v) is 16.0. The summed E-state index contributed by atoms with van der Waals surface area (Å²) in [5.74, 6) is 0.102. The fourth-order valence-corrected chi connectivity index (χ4v) is 6.22. The van der Waals surface area contributed by atoms with E-state index in [0.717, 1.165) is 57.8 Å². The Bertz CT molecular complexity index is 1220. The van der Waals surface area contributed by atoms with Gasteiger partial charge in [0.15, 0.2) is 0 Å². The lowest BCUT2D eigenvalue weighted by atomic mass is 9.80. The largest absolute Gasteiger partial charge is 0.416 e. The van der Waals surface area contributed by atoms with Crippen LogP contribution in [0.5, 0.6) is 0 Å². The summed E-state index contributed by atoms with van der Waals surface area (Å²) < 4.78 is 91.3. The molecule has 0 saturated carbocycles. The quantitative estimate of drug-likeness (QED) is 0.170. The topological polar surface area (TPSA) is 70.0 Å². The first kappa shape index (κ1) is 37.3. The van der Waals surface area contributed by atoms with Gasteiger partial charge in [0.2, 0.25) is 0 Å². The Morgan fingerprint density at radius 1 is 0.957 bits per heavy atom. The summed E-state index contributed by atoms with van der Waals surface area (Å²) in [6, 6.07) is 1.46. The Kier molecular flexibility index (Phi) is 13.3. The molecule has 2 heterocycles. The van der Waals surface area contributed by atoms with Gasteiger partial charge in [-0.3, -0.25) is 9.80 Å². The second-order valence-corrected chi connectivity index (χ2v) is 12.5.